The zero-order valence-electron chi connectivity index (χ0n) is 12.1. The van der Waals surface area contributed by atoms with Crippen molar-refractivity contribution < 1.29 is 9.21 Å². The van der Waals surface area contributed by atoms with Gasteiger partial charge in [-0.1, -0.05) is 23.7 Å². The van der Waals surface area contributed by atoms with E-state index in [1.165, 1.54) is 6.08 Å². The lowest BCUT2D eigenvalue weighted by Crippen LogP contribution is -2.13. The molecule has 0 aliphatic heterocycles. The zero-order valence-corrected chi connectivity index (χ0v) is 12.9. The standard InChI is InChI=1S/C17H14ClN3O2/c18-14-5-3-13(4-6-14)12-21-16(9-10-19-21)20-17(22)8-7-15-2-1-11-23-15/h1-11H,12H2,(H,20,22)/b8-7+. The van der Waals surface area contributed by atoms with Gasteiger partial charge in [-0.3, -0.25) is 4.79 Å². The van der Waals surface area contributed by atoms with Crippen molar-refractivity contribution in [1.82, 2.24) is 9.78 Å². The smallest absolute Gasteiger partial charge is 0.249 e. The maximum Gasteiger partial charge on any atom is 0.249 e. The summed E-state index contributed by atoms with van der Waals surface area (Å²) in [4.78, 5) is 12.0. The summed E-state index contributed by atoms with van der Waals surface area (Å²) in [7, 11) is 0. The van der Waals surface area contributed by atoms with Gasteiger partial charge in [-0.05, 0) is 35.9 Å². The Morgan fingerprint density at radius 3 is 2.83 bits per heavy atom. The molecule has 0 fully saturated rings. The third-order valence-corrected chi connectivity index (χ3v) is 3.41. The normalized spacial score (nSPS) is 11.0. The van der Waals surface area contributed by atoms with Crippen LogP contribution >= 0.6 is 11.6 Å². The Labute approximate surface area is 138 Å². The molecule has 0 saturated heterocycles. The van der Waals surface area contributed by atoms with Crippen molar-refractivity contribution in [2.45, 2.75) is 6.54 Å². The Morgan fingerprint density at radius 1 is 1.26 bits per heavy atom. The molecule has 0 aliphatic rings. The van der Waals surface area contributed by atoms with Crippen LogP contribution in [0, 0.1) is 0 Å². The maximum atomic E-state index is 12.0. The first-order valence-corrected chi connectivity index (χ1v) is 7.37. The third-order valence-electron chi connectivity index (χ3n) is 3.16. The van der Waals surface area contributed by atoms with E-state index in [-0.39, 0.29) is 5.91 Å². The summed E-state index contributed by atoms with van der Waals surface area (Å²) in [5, 5.41) is 7.70. The van der Waals surface area contributed by atoms with Crippen LogP contribution in [0.4, 0.5) is 5.82 Å². The van der Waals surface area contributed by atoms with Gasteiger partial charge in [0, 0.05) is 17.2 Å². The van der Waals surface area contributed by atoms with E-state index >= 15 is 0 Å². The molecule has 0 atom stereocenters. The summed E-state index contributed by atoms with van der Waals surface area (Å²) in [6.45, 7) is 0.543. The van der Waals surface area contributed by atoms with E-state index in [0.717, 1.165) is 5.56 Å². The van der Waals surface area contributed by atoms with E-state index in [4.69, 9.17) is 16.0 Å². The van der Waals surface area contributed by atoms with Crippen molar-refractivity contribution >= 4 is 29.4 Å². The number of hydrogen-bond acceptors (Lipinski definition) is 3. The van der Waals surface area contributed by atoms with Crippen LogP contribution in [-0.4, -0.2) is 15.7 Å². The van der Waals surface area contributed by atoms with Crippen molar-refractivity contribution in [2.24, 2.45) is 0 Å². The van der Waals surface area contributed by atoms with E-state index in [2.05, 4.69) is 10.4 Å². The largest absolute Gasteiger partial charge is 0.465 e. The molecule has 2 heterocycles. The Kier molecular flexibility index (Phi) is 4.59. The molecule has 23 heavy (non-hydrogen) atoms. The molecule has 1 N–H and O–H groups in total. The molecule has 116 valence electrons. The van der Waals surface area contributed by atoms with Crippen molar-refractivity contribution in [1.29, 1.82) is 0 Å². The molecular formula is C17H14ClN3O2. The minimum absolute atomic E-state index is 0.251. The highest BCUT2D eigenvalue weighted by molar-refractivity contribution is 6.30. The molecular weight excluding hydrogens is 314 g/mol. The third kappa shape index (κ3) is 4.11. The van der Waals surface area contributed by atoms with Gasteiger partial charge >= 0.3 is 0 Å². The highest BCUT2D eigenvalue weighted by Crippen LogP contribution is 2.13. The number of carbonyl (C=O) groups is 1. The molecule has 0 bridgehead atoms. The highest BCUT2D eigenvalue weighted by atomic mass is 35.5. The number of halogens is 1. The number of amides is 1. The van der Waals surface area contributed by atoms with Crippen LogP contribution in [0.5, 0.6) is 0 Å². The van der Waals surface area contributed by atoms with Crippen LogP contribution in [-0.2, 0) is 11.3 Å². The van der Waals surface area contributed by atoms with Crippen LogP contribution in [0.1, 0.15) is 11.3 Å². The van der Waals surface area contributed by atoms with Crippen LogP contribution in [0.2, 0.25) is 5.02 Å². The lowest BCUT2D eigenvalue weighted by molar-refractivity contribution is -0.111. The number of nitrogens with zero attached hydrogens (tertiary/aromatic N) is 2. The van der Waals surface area contributed by atoms with Gasteiger partial charge in [-0.15, -0.1) is 0 Å². The average molecular weight is 328 g/mol. The predicted molar refractivity (Wildman–Crippen MR) is 89.2 cm³/mol. The van der Waals surface area contributed by atoms with Crippen molar-refractivity contribution in [3.63, 3.8) is 0 Å². The summed E-state index contributed by atoms with van der Waals surface area (Å²) in [6.07, 6.45) is 6.22. The van der Waals surface area contributed by atoms with Gasteiger partial charge in [-0.25, -0.2) is 4.68 Å². The van der Waals surface area contributed by atoms with Crippen LogP contribution in [0.15, 0.2) is 65.4 Å². The summed E-state index contributed by atoms with van der Waals surface area (Å²) in [5.41, 5.74) is 1.04. The molecule has 6 heteroatoms. The van der Waals surface area contributed by atoms with Gasteiger partial charge < -0.3 is 9.73 Å². The molecule has 0 unspecified atom stereocenters. The molecule has 3 rings (SSSR count). The minimum Gasteiger partial charge on any atom is -0.465 e. The maximum absolute atomic E-state index is 12.0. The first-order valence-electron chi connectivity index (χ1n) is 6.99. The van der Waals surface area contributed by atoms with E-state index in [1.54, 1.807) is 41.4 Å². The summed E-state index contributed by atoms with van der Waals surface area (Å²) in [6, 6.07) is 12.8. The predicted octanol–water partition coefficient (Wildman–Crippen LogP) is 3.83. The number of hydrogen-bond donors (Lipinski definition) is 1. The van der Waals surface area contributed by atoms with E-state index in [0.29, 0.717) is 23.1 Å². The minimum atomic E-state index is -0.251. The molecule has 0 spiro atoms. The molecule has 0 saturated carbocycles. The quantitative estimate of drug-likeness (QED) is 0.724. The van der Waals surface area contributed by atoms with Crippen molar-refractivity contribution in [2.75, 3.05) is 5.32 Å². The second kappa shape index (κ2) is 6.98. The highest BCUT2D eigenvalue weighted by Gasteiger charge is 2.06. The van der Waals surface area contributed by atoms with Crippen molar-refractivity contribution in [3.8, 4) is 0 Å². The Hall–Kier alpha value is -2.79. The second-order valence-electron chi connectivity index (χ2n) is 4.84. The lowest BCUT2D eigenvalue weighted by Gasteiger charge is -2.08. The number of nitrogens with one attached hydrogen (secondary N) is 1. The lowest BCUT2D eigenvalue weighted by atomic mass is 10.2. The van der Waals surface area contributed by atoms with Gasteiger partial charge in [0.15, 0.2) is 0 Å². The van der Waals surface area contributed by atoms with Crippen LogP contribution in [0.25, 0.3) is 6.08 Å². The fourth-order valence-electron chi connectivity index (χ4n) is 2.04. The number of aromatic nitrogens is 2. The molecule has 1 amide bonds. The SMILES string of the molecule is O=C(/C=C/c1ccco1)Nc1ccnn1Cc1ccc(Cl)cc1. The fraction of sp³-hybridized carbons (Fsp3) is 0.0588. The van der Waals surface area contributed by atoms with Gasteiger partial charge in [-0.2, -0.15) is 5.10 Å². The Balaban J connectivity index is 1.66. The van der Waals surface area contributed by atoms with Crippen LogP contribution in [0.3, 0.4) is 0 Å². The Morgan fingerprint density at radius 2 is 2.09 bits per heavy atom. The average Bonchev–Trinajstić information content (AvgIpc) is 3.20. The summed E-state index contributed by atoms with van der Waals surface area (Å²) in [5.74, 6) is 0.989. The van der Waals surface area contributed by atoms with Gasteiger partial charge in [0.2, 0.25) is 5.91 Å². The van der Waals surface area contributed by atoms with Crippen molar-refractivity contribution in [3.05, 3.63) is 77.3 Å². The van der Waals surface area contributed by atoms with Gasteiger partial charge in [0.05, 0.1) is 19.0 Å². The second-order valence-corrected chi connectivity index (χ2v) is 5.28. The number of furan rings is 1. The fourth-order valence-corrected chi connectivity index (χ4v) is 2.17. The number of rotatable bonds is 5. The number of anilines is 1. The van der Waals surface area contributed by atoms with E-state index in [1.807, 2.05) is 24.3 Å². The monoisotopic (exact) mass is 327 g/mol. The molecule has 5 nitrogen and oxygen atoms in total. The van der Waals surface area contributed by atoms with E-state index in [9.17, 15) is 4.79 Å². The zero-order chi connectivity index (χ0) is 16.1. The molecule has 3 aromatic rings. The first-order chi connectivity index (χ1) is 11.2. The van der Waals surface area contributed by atoms with E-state index < -0.39 is 0 Å². The number of carbonyl (C=O) groups excluding carboxylic acids is 1. The molecule has 0 radical (unpaired) electrons. The van der Waals surface area contributed by atoms with Gasteiger partial charge in [0.25, 0.3) is 0 Å². The summed E-state index contributed by atoms with van der Waals surface area (Å²) < 4.78 is 6.85. The molecule has 1 aromatic carbocycles. The summed E-state index contributed by atoms with van der Waals surface area (Å²) >= 11 is 5.88. The first kappa shape index (κ1) is 15.1. The Bertz CT molecular complexity index is 805. The number of benzene rings is 1. The topological polar surface area (TPSA) is 60.1 Å². The van der Waals surface area contributed by atoms with Gasteiger partial charge in [0.1, 0.15) is 11.6 Å². The molecule has 0 aliphatic carbocycles. The molecule has 2 aromatic heterocycles. The van der Waals surface area contributed by atoms with Crippen LogP contribution < -0.4 is 5.32 Å².